The summed E-state index contributed by atoms with van der Waals surface area (Å²) in [5.41, 5.74) is 0.810. The highest BCUT2D eigenvalue weighted by Gasteiger charge is 2.12. The van der Waals surface area contributed by atoms with E-state index in [1.807, 2.05) is 13.8 Å². The molecule has 0 aliphatic carbocycles. The molecule has 0 fully saturated rings. The number of hydrogen-bond donors (Lipinski definition) is 2. The SMILES string of the molecule is Cc1nc(C)c(C(=O)NCCCCCCO)s1. The first-order chi connectivity index (χ1) is 8.15. The number of aliphatic hydroxyl groups excluding tert-OH is 1. The van der Waals surface area contributed by atoms with Crippen molar-refractivity contribution in [2.45, 2.75) is 39.5 Å². The summed E-state index contributed by atoms with van der Waals surface area (Å²) in [6.45, 7) is 4.72. The van der Waals surface area contributed by atoms with Gasteiger partial charge < -0.3 is 10.4 Å². The second kappa shape index (κ2) is 7.40. The van der Waals surface area contributed by atoms with Crippen molar-refractivity contribution in [1.29, 1.82) is 0 Å². The van der Waals surface area contributed by atoms with Gasteiger partial charge >= 0.3 is 0 Å². The molecule has 4 nitrogen and oxygen atoms in total. The van der Waals surface area contributed by atoms with Crippen LogP contribution in [0.1, 0.15) is 46.1 Å². The van der Waals surface area contributed by atoms with E-state index in [4.69, 9.17) is 5.11 Å². The Morgan fingerprint density at radius 3 is 2.59 bits per heavy atom. The Hall–Kier alpha value is -0.940. The lowest BCUT2D eigenvalue weighted by Crippen LogP contribution is -2.24. The fourth-order valence-corrected chi connectivity index (χ4v) is 2.45. The molecule has 0 saturated carbocycles. The first-order valence-electron chi connectivity index (χ1n) is 5.98. The van der Waals surface area contributed by atoms with Crippen LogP contribution in [0.5, 0.6) is 0 Å². The van der Waals surface area contributed by atoms with E-state index >= 15 is 0 Å². The largest absolute Gasteiger partial charge is 0.396 e. The Morgan fingerprint density at radius 1 is 1.29 bits per heavy atom. The van der Waals surface area contributed by atoms with Crippen molar-refractivity contribution in [1.82, 2.24) is 10.3 Å². The molecule has 17 heavy (non-hydrogen) atoms. The summed E-state index contributed by atoms with van der Waals surface area (Å²) in [6, 6.07) is 0. The fourth-order valence-electron chi connectivity index (χ4n) is 1.61. The quantitative estimate of drug-likeness (QED) is 0.734. The lowest BCUT2D eigenvalue weighted by molar-refractivity contribution is 0.0956. The Bertz CT molecular complexity index is 363. The lowest BCUT2D eigenvalue weighted by atomic mass is 10.2. The molecule has 2 N–H and O–H groups in total. The minimum absolute atomic E-state index is 0.0183. The number of thiazole rings is 1. The molecule has 0 unspecified atom stereocenters. The van der Waals surface area contributed by atoms with Gasteiger partial charge in [0.1, 0.15) is 4.88 Å². The van der Waals surface area contributed by atoms with Crippen LogP contribution < -0.4 is 5.32 Å². The van der Waals surface area contributed by atoms with Crippen molar-refractivity contribution in [3.05, 3.63) is 15.6 Å². The van der Waals surface area contributed by atoms with Gasteiger partial charge in [-0.25, -0.2) is 4.98 Å². The van der Waals surface area contributed by atoms with Crippen LogP contribution >= 0.6 is 11.3 Å². The Balaban J connectivity index is 2.23. The fraction of sp³-hybridized carbons (Fsp3) is 0.667. The zero-order valence-corrected chi connectivity index (χ0v) is 11.3. The number of unbranched alkanes of at least 4 members (excludes halogenated alkanes) is 3. The summed E-state index contributed by atoms with van der Waals surface area (Å²) in [4.78, 5) is 16.7. The molecule has 0 radical (unpaired) electrons. The maximum atomic E-state index is 11.8. The third kappa shape index (κ3) is 4.83. The predicted octanol–water partition coefficient (Wildman–Crippen LogP) is 2.04. The molecule has 0 aliphatic heterocycles. The number of aryl methyl sites for hydroxylation is 2. The minimum Gasteiger partial charge on any atom is -0.396 e. The number of nitrogens with zero attached hydrogens (tertiary/aromatic N) is 1. The zero-order chi connectivity index (χ0) is 12.7. The van der Waals surface area contributed by atoms with Crippen LogP contribution in [-0.4, -0.2) is 29.1 Å². The van der Waals surface area contributed by atoms with E-state index < -0.39 is 0 Å². The molecule has 1 aromatic heterocycles. The van der Waals surface area contributed by atoms with Gasteiger partial charge in [0.2, 0.25) is 0 Å². The van der Waals surface area contributed by atoms with Crippen LogP contribution in [0, 0.1) is 13.8 Å². The summed E-state index contributed by atoms with van der Waals surface area (Å²) in [7, 11) is 0. The molecule has 0 bridgehead atoms. The number of aromatic nitrogens is 1. The maximum absolute atomic E-state index is 11.8. The number of aliphatic hydroxyl groups is 1. The topological polar surface area (TPSA) is 62.2 Å². The molecule has 0 atom stereocenters. The summed E-state index contributed by atoms with van der Waals surface area (Å²) in [5, 5.41) is 12.4. The molecule has 1 amide bonds. The second-order valence-corrected chi connectivity index (χ2v) is 5.24. The normalized spacial score (nSPS) is 10.5. The van der Waals surface area contributed by atoms with Gasteiger partial charge in [0, 0.05) is 13.2 Å². The zero-order valence-electron chi connectivity index (χ0n) is 10.5. The van der Waals surface area contributed by atoms with Crippen LogP contribution in [0.3, 0.4) is 0 Å². The Morgan fingerprint density at radius 2 is 2.00 bits per heavy atom. The van der Waals surface area contributed by atoms with Crippen LogP contribution in [0.15, 0.2) is 0 Å². The van der Waals surface area contributed by atoms with Crippen LogP contribution in [-0.2, 0) is 0 Å². The van der Waals surface area contributed by atoms with Gasteiger partial charge in [0.25, 0.3) is 5.91 Å². The number of carbonyl (C=O) groups is 1. The highest BCUT2D eigenvalue weighted by Crippen LogP contribution is 2.16. The van der Waals surface area contributed by atoms with E-state index in [1.165, 1.54) is 11.3 Å². The summed E-state index contributed by atoms with van der Waals surface area (Å²) >= 11 is 1.44. The maximum Gasteiger partial charge on any atom is 0.263 e. The van der Waals surface area contributed by atoms with Gasteiger partial charge in [-0.1, -0.05) is 12.8 Å². The number of nitrogens with one attached hydrogen (secondary N) is 1. The molecule has 0 spiro atoms. The van der Waals surface area contributed by atoms with Crippen molar-refractivity contribution in [3.8, 4) is 0 Å². The average Bonchev–Trinajstić information content (AvgIpc) is 2.62. The van der Waals surface area contributed by atoms with Gasteiger partial charge in [-0.15, -0.1) is 11.3 Å². The molecule has 0 saturated heterocycles. The van der Waals surface area contributed by atoms with Crippen molar-refractivity contribution < 1.29 is 9.90 Å². The van der Waals surface area contributed by atoms with Gasteiger partial charge in [-0.2, -0.15) is 0 Å². The van der Waals surface area contributed by atoms with Crippen molar-refractivity contribution in [2.75, 3.05) is 13.2 Å². The summed E-state index contributed by atoms with van der Waals surface area (Å²) in [5.74, 6) is -0.0183. The first-order valence-corrected chi connectivity index (χ1v) is 6.80. The van der Waals surface area contributed by atoms with Gasteiger partial charge in [-0.05, 0) is 26.7 Å². The van der Waals surface area contributed by atoms with Gasteiger partial charge in [-0.3, -0.25) is 4.79 Å². The molecular formula is C12H20N2O2S. The predicted molar refractivity (Wildman–Crippen MR) is 69.5 cm³/mol. The van der Waals surface area contributed by atoms with E-state index in [-0.39, 0.29) is 12.5 Å². The number of amides is 1. The van der Waals surface area contributed by atoms with Crippen molar-refractivity contribution >= 4 is 17.2 Å². The third-order valence-corrected chi connectivity index (χ3v) is 3.55. The van der Waals surface area contributed by atoms with E-state index in [0.717, 1.165) is 41.3 Å². The molecule has 5 heteroatoms. The third-order valence-electron chi connectivity index (χ3n) is 2.48. The minimum atomic E-state index is -0.0183. The van der Waals surface area contributed by atoms with Crippen molar-refractivity contribution in [2.24, 2.45) is 0 Å². The Labute approximate surface area is 106 Å². The molecule has 0 aliphatic rings. The van der Waals surface area contributed by atoms with E-state index in [9.17, 15) is 4.79 Å². The van der Waals surface area contributed by atoms with Crippen molar-refractivity contribution in [3.63, 3.8) is 0 Å². The van der Waals surface area contributed by atoms with E-state index in [2.05, 4.69) is 10.3 Å². The lowest BCUT2D eigenvalue weighted by Gasteiger charge is -2.03. The van der Waals surface area contributed by atoms with Crippen LogP contribution in [0.4, 0.5) is 0 Å². The number of rotatable bonds is 7. The molecule has 0 aromatic carbocycles. The first kappa shape index (κ1) is 14.1. The monoisotopic (exact) mass is 256 g/mol. The standard InChI is InChI=1S/C12H20N2O2S/c1-9-11(17-10(2)14-9)12(16)13-7-5-3-4-6-8-15/h15H,3-8H2,1-2H3,(H,13,16). The van der Waals surface area contributed by atoms with E-state index in [0.29, 0.717) is 6.54 Å². The Kier molecular flexibility index (Phi) is 6.15. The van der Waals surface area contributed by atoms with E-state index in [1.54, 1.807) is 0 Å². The molecular weight excluding hydrogens is 236 g/mol. The van der Waals surface area contributed by atoms with Gasteiger partial charge in [0.05, 0.1) is 10.7 Å². The second-order valence-electron chi connectivity index (χ2n) is 4.04. The summed E-state index contributed by atoms with van der Waals surface area (Å²) < 4.78 is 0. The smallest absolute Gasteiger partial charge is 0.263 e. The molecule has 1 heterocycles. The number of hydrogen-bond acceptors (Lipinski definition) is 4. The average molecular weight is 256 g/mol. The summed E-state index contributed by atoms with van der Waals surface area (Å²) in [6.07, 6.45) is 3.87. The van der Waals surface area contributed by atoms with Gasteiger partial charge in [0.15, 0.2) is 0 Å². The van der Waals surface area contributed by atoms with Crippen LogP contribution in [0.25, 0.3) is 0 Å². The highest BCUT2D eigenvalue weighted by molar-refractivity contribution is 7.13. The molecule has 1 rings (SSSR count). The highest BCUT2D eigenvalue weighted by atomic mass is 32.1. The van der Waals surface area contributed by atoms with Crippen LogP contribution in [0.2, 0.25) is 0 Å². The molecule has 1 aromatic rings. The number of carbonyl (C=O) groups excluding carboxylic acids is 1. The molecule has 96 valence electrons.